The van der Waals surface area contributed by atoms with Crippen LogP contribution in [0, 0.1) is 5.92 Å². The number of nitrogens with zero attached hydrogens (tertiary/aromatic N) is 1. The fourth-order valence-electron chi connectivity index (χ4n) is 6.01. The molecule has 2 N–H and O–H groups in total. The van der Waals surface area contributed by atoms with E-state index in [9.17, 15) is 36.0 Å². The average molecular weight is 644 g/mol. The molecular weight excluding hydrogens is 611 g/mol. The number of hydrogen-bond acceptors (Lipinski definition) is 6. The molecule has 0 unspecified atom stereocenters. The van der Waals surface area contributed by atoms with Crippen molar-refractivity contribution in [3.63, 3.8) is 0 Å². The van der Waals surface area contributed by atoms with E-state index in [1.807, 2.05) is 0 Å². The van der Waals surface area contributed by atoms with Crippen LogP contribution >= 0.6 is 0 Å². The Morgan fingerprint density at radius 3 is 2.27 bits per heavy atom. The number of carbonyl (C=O) groups is 3. The minimum absolute atomic E-state index is 0.140. The van der Waals surface area contributed by atoms with E-state index < -0.39 is 63.5 Å². The van der Waals surface area contributed by atoms with Crippen molar-refractivity contribution in [2.24, 2.45) is 5.92 Å². The number of ether oxygens (including phenoxy) is 1. The number of sulfone groups is 1. The molecule has 0 aromatic heterocycles. The van der Waals surface area contributed by atoms with E-state index in [0.717, 1.165) is 18.2 Å². The molecule has 3 amide bonds. The second-order valence-electron chi connectivity index (χ2n) is 11.2. The van der Waals surface area contributed by atoms with Gasteiger partial charge in [-0.15, -0.1) is 0 Å². The fraction of sp³-hybridized carbons (Fsp3) is 0.344. The molecule has 1 saturated carbocycles. The summed E-state index contributed by atoms with van der Waals surface area (Å²) in [5.74, 6) is -1.73. The highest BCUT2D eigenvalue weighted by atomic mass is 32.2. The maximum Gasteiger partial charge on any atom is 0.416 e. The second-order valence-corrected chi connectivity index (χ2v) is 13.2. The van der Waals surface area contributed by atoms with Gasteiger partial charge in [-0.2, -0.15) is 13.2 Å². The zero-order valence-corrected chi connectivity index (χ0v) is 24.9. The normalized spacial score (nSPS) is 22.1. The number of rotatable bonds is 8. The molecule has 3 aromatic rings. The summed E-state index contributed by atoms with van der Waals surface area (Å²) >= 11 is 0. The van der Waals surface area contributed by atoms with E-state index in [1.54, 1.807) is 53.4 Å². The summed E-state index contributed by atoms with van der Waals surface area (Å²) in [6.45, 7) is 0.229. The molecule has 3 aromatic carbocycles. The number of benzene rings is 3. The summed E-state index contributed by atoms with van der Waals surface area (Å²) in [5, 5.41) is 5.37. The quantitative estimate of drug-likeness (QED) is 0.363. The lowest BCUT2D eigenvalue weighted by Gasteiger charge is -2.41. The van der Waals surface area contributed by atoms with Crippen LogP contribution in [-0.4, -0.2) is 61.6 Å². The van der Waals surface area contributed by atoms with Gasteiger partial charge in [0.05, 0.1) is 16.2 Å². The van der Waals surface area contributed by atoms with E-state index in [1.165, 1.54) is 18.2 Å². The van der Waals surface area contributed by atoms with Gasteiger partial charge in [0.2, 0.25) is 5.91 Å². The summed E-state index contributed by atoms with van der Waals surface area (Å²) in [6, 6.07) is 18.5. The van der Waals surface area contributed by atoms with Gasteiger partial charge in [0.1, 0.15) is 11.8 Å². The fourth-order valence-corrected chi connectivity index (χ4v) is 7.70. The van der Waals surface area contributed by atoms with Crippen LogP contribution in [0.15, 0.2) is 89.8 Å². The zero-order valence-electron chi connectivity index (χ0n) is 24.1. The number of halogens is 3. The molecule has 9 nitrogen and oxygen atoms in total. The molecule has 5 rings (SSSR count). The highest BCUT2D eigenvalue weighted by Crippen LogP contribution is 2.34. The lowest BCUT2D eigenvalue weighted by atomic mass is 9.81. The Kier molecular flexibility index (Phi) is 9.47. The first-order valence-electron chi connectivity index (χ1n) is 14.5. The summed E-state index contributed by atoms with van der Waals surface area (Å²) < 4.78 is 71.6. The van der Waals surface area contributed by atoms with Gasteiger partial charge in [-0.3, -0.25) is 9.59 Å². The molecular formula is C32H32F3N3O6S. The van der Waals surface area contributed by atoms with Crippen molar-refractivity contribution < 1.29 is 40.7 Å². The third-order valence-electron chi connectivity index (χ3n) is 8.15. The molecule has 45 heavy (non-hydrogen) atoms. The van der Waals surface area contributed by atoms with Crippen molar-refractivity contribution in [3.8, 4) is 5.75 Å². The maximum absolute atomic E-state index is 13.5. The maximum atomic E-state index is 13.5. The molecule has 1 aliphatic carbocycles. The van der Waals surface area contributed by atoms with Crippen molar-refractivity contribution in [2.75, 3.05) is 12.3 Å². The molecule has 1 heterocycles. The van der Waals surface area contributed by atoms with Gasteiger partial charge in [0, 0.05) is 24.2 Å². The first kappa shape index (κ1) is 32.0. The van der Waals surface area contributed by atoms with Gasteiger partial charge >= 0.3 is 12.3 Å². The number of carbonyl (C=O) groups excluding carboxylic acids is 3. The Labute approximate surface area is 258 Å². The van der Waals surface area contributed by atoms with Crippen molar-refractivity contribution in [3.05, 3.63) is 96.1 Å². The van der Waals surface area contributed by atoms with Crippen LogP contribution in [0.4, 0.5) is 18.0 Å². The van der Waals surface area contributed by atoms with E-state index >= 15 is 0 Å². The number of alkyl halides is 3. The van der Waals surface area contributed by atoms with Crippen LogP contribution in [0.5, 0.6) is 5.75 Å². The molecule has 238 valence electrons. The third-order valence-corrected chi connectivity index (χ3v) is 10.0. The summed E-state index contributed by atoms with van der Waals surface area (Å²) in [7, 11) is -3.77. The monoisotopic (exact) mass is 643 g/mol. The Bertz CT molecular complexity index is 1640. The number of nitrogens with one attached hydrogen (secondary N) is 2. The van der Waals surface area contributed by atoms with E-state index in [2.05, 4.69) is 10.6 Å². The zero-order chi connectivity index (χ0) is 32.2. The lowest BCUT2D eigenvalue weighted by Crippen LogP contribution is -2.53. The van der Waals surface area contributed by atoms with Gasteiger partial charge in [0.15, 0.2) is 9.84 Å². The molecule has 1 aliphatic heterocycles. The number of likely N-dealkylation sites (tertiary alicyclic amines) is 1. The van der Waals surface area contributed by atoms with Crippen LogP contribution in [0.2, 0.25) is 0 Å². The van der Waals surface area contributed by atoms with Crippen molar-refractivity contribution >= 4 is 27.7 Å². The number of hydrogen-bond donors (Lipinski definition) is 2. The van der Waals surface area contributed by atoms with Gasteiger partial charge in [0.25, 0.3) is 5.91 Å². The van der Waals surface area contributed by atoms with Gasteiger partial charge in [-0.05, 0) is 74.1 Å². The van der Waals surface area contributed by atoms with Crippen LogP contribution in [0.3, 0.4) is 0 Å². The van der Waals surface area contributed by atoms with Crippen molar-refractivity contribution in [2.45, 2.75) is 54.9 Å². The third kappa shape index (κ3) is 7.83. The topological polar surface area (TPSA) is 122 Å². The summed E-state index contributed by atoms with van der Waals surface area (Å²) in [4.78, 5) is 40.6. The van der Waals surface area contributed by atoms with Crippen LogP contribution in [-0.2, 0) is 20.8 Å². The summed E-state index contributed by atoms with van der Waals surface area (Å²) in [5.41, 5.74) is -1.20. The van der Waals surface area contributed by atoms with E-state index in [4.69, 9.17) is 4.74 Å². The van der Waals surface area contributed by atoms with E-state index in [-0.39, 0.29) is 35.6 Å². The Morgan fingerprint density at radius 1 is 0.889 bits per heavy atom. The smallest absolute Gasteiger partial charge is 0.410 e. The molecule has 1 saturated heterocycles. The predicted octanol–water partition coefficient (Wildman–Crippen LogP) is 4.84. The molecule has 0 radical (unpaired) electrons. The van der Waals surface area contributed by atoms with Crippen LogP contribution in [0.25, 0.3) is 0 Å². The second kappa shape index (κ2) is 13.3. The van der Waals surface area contributed by atoms with Crippen LogP contribution < -0.4 is 15.4 Å². The molecule has 0 bridgehead atoms. The SMILES string of the molecule is O=C(N[C@@H]1CC[C@H](N2CC[C@H](NC(=O)c3cccc(C(F)(F)F)c3)C2=O)[C@H](CS(=O)(=O)c2ccccc2)C1)Oc1ccccc1. The average Bonchev–Trinajstić information content (AvgIpc) is 3.36. The lowest BCUT2D eigenvalue weighted by molar-refractivity contribution is -0.137. The number of para-hydroxylation sites is 1. The Hall–Kier alpha value is -4.39. The molecule has 0 spiro atoms. The largest absolute Gasteiger partial charge is 0.416 e. The summed E-state index contributed by atoms with van der Waals surface area (Å²) in [6.07, 6.45) is -4.01. The molecule has 13 heteroatoms. The van der Waals surface area contributed by atoms with E-state index in [0.29, 0.717) is 18.6 Å². The van der Waals surface area contributed by atoms with Gasteiger partial charge in [-0.1, -0.05) is 42.5 Å². The minimum atomic E-state index is -4.63. The minimum Gasteiger partial charge on any atom is -0.410 e. The first-order valence-corrected chi connectivity index (χ1v) is 16.2. The Morgan fingerprint density at radius 2 is 1.58 bits per heavy atom. The predicted molar refractivity (Wildman–Crippen MR) is 158 cm³/mol. The Balaban J connectivity index is 1.30. The number of amides is 3. The van der Waals surface area contributed by atoms with Crippen molar-refractivity contribution in [1.29, 1.82) is 0 Å². The highest BCUT2D eigenvalue weighted by molar-refractivity contribution is 7.91. The first-order chi connectivity index (χ1) is 21.4. The molecule has 2 fully saturated rings. The van der Waals surface area contributed by atoms with Gasteiger partial charge in [-0.25, -0.2) is 13.2 Å². The molecule has 2 aliphatic rings. The highest BCUT2D eigenvalue weighted by Gasteiger charge is 2.44. The molecule has 4 atom stereocenters. The van der Waals surface area contributed by atoms with Crippen LogP contribution in [0.1, 0.15) is 41.6 Å². The van der Waals surface area contributed by atoms with Crippen molar-refractivity contribution in [1.82, 2.24) is 15.5 Å². The standard InChI is InChI=1S/C32H32F3N3O6S/c33-32(34,35)23-9-7-8-21(18-23)29(39)37-27-16-17-38(30(27)40)28-15-14-24(36-31(41)44-25-10-3-1-4-11-25)19-22(28)20-45(42,43)26-12-5-2-6-13-26/h1-13,18,22,24,27-28H,14-17,19-20H2,(H,36,41)(H,37,39)/t22-,24+,27-,28-/m0/s1. The van der Waals surface area contributed by atoms with Gasteiger partial charge < -0.3 is 20.3 Å².